The van der Waals surface area contributed by atoms with Crippen LogP contribution in [0.4, 0.5) is 4.39 Å². The number of halogens is 1. The van der Waals surface area contributed by atoms with Gasteiger partial charge in [-0.05, 0) is 25.1 Å². The molecule has 1 nitrogen and oxygen atoms in total. The number of hydrogen-bond acceptors (Lipinski definition) is 2. The second-order valence-corrected chi connectivity index (χ2v) is 3.05. The van der Waals surface area contributed by atoms with Gasteiger partial charge in [0.15, 0.2) is 5.13 Å². The minimum Gasteiger partial charge on any atom is -0.299 e. The molecule has 0 fully saturated rings. The molecule has 0 radical (unpaired) electrons. The van der Waals surface area contributed by atoms with Crippen molar-refractivity contribution in [3.05, 3.63) is 34.3 Å². The van der Waals surface area contributed by atoms with E-state index in [1.54, 1.807) is 18.2 Å². The third-order valence-corrected chi connectivity index (χ3v) is 2.08. The van der Waals surface area contributed by atoms with Gasteiger partial charge in [-0.1, -0.05) is 6.08 Å². The van der Waals surface area contributed by atoms with E-state index < -0.39 is 0 Å². The van der Waals surface area contributed by atoms with Gasteiger partial charge in [-0.3, -0.25) is 5.41 Å². The lowest BCUT2D eigenvalue weighted by molar-refractivity contribution is 0.657. The van der Waals surface area contributed by atoms with Gasteiger partial charge in [0.2, 0.25) is 0 Å². The van der Waals surface area contributed by atoms with E-state index in [4.69, 9.17) is 5.41 Å². The van der Waals surface area contributed by atoms with Crippen molar-refractivity contribution in [2.45, 2.75) is 6.92 Å². The van der Waals surface area contributed by atoms with Crippen LogP contribution in [0.1, 0.15) is 11.8 Å². The smallest absolute Gasteiger partial charge is 0.177 e. The van der Waals surface area contributed by atoms with Crippen molar-refractivity contribution >= 4 is 17.0 Å². The van der Waals surface area contributed by atoms with Crippen LogP contribution in [0, 0.1) is 10.5 Å². The number of hydrogen-bond donors (Lipinski definition) is 1. The molecule has 1 aromatic heterocycles. The van der Waals surface area contributed by atoms with Crippen LogP contribution in [0.15, 0.2) is 24.3 Å². The molecule has 0 aliphatic carbocycles. The summed E-state index contributed by atoms with van der Waals surface area (Å²) in [5.41, 5.74) is 0.362. The first-order chi connectivity index (χ1) is 5.24. The van der Waals surface area contributed by atoms with Crippen molar-refractivity contribution in [2.75, 3.05) is 0 Å². The molecule has 0 spiro atoms. The van der Waals surface area contributed by atoms with E-state index in [1.807, 2.05) is 6.92 Å². The summed E-state index contributed by atoms with van der Waals surface area (Å²) < 4.78 is 12.4. The van der Waals surface area contributed by atoms with Crippen LogP contribution in [-0.4, -0.2) is 5.71 Å². The maximum atomic E-state index is 12.4. The van der Waals surface area contributed by atoms with E-state index in [1.165, 1.54) is 6.07 Å². The summed E-state index contributed by atoms with van der Waals surface area (Å²) in [7, 11) is 0. The lowest BCUT2D eigenvalue weighted by Gasteiger charge is -1.88. The van der Waals surface area contributed by atoms with Gasteiger partial charge in [-0.2, -0.15) is 4.39 Å². The Balaban J connectivity index is 2.85. The van der Waals surface area contributed by atoms with Crippen molar-refractivity contribution in [3.8, 4) is 0 Å². The van der Waals surface area contributed by atoms with Crippen LogP contribution in [0.2, 0.25) is 0 Å². The molecule has 3 heteroatoms. The second kappa shape index (κ2) is 3.44. The lowest BCUT2D eigenvalue weighted by atomic mass is 10.3. The SMILES string of the molecule is C/C=C\C(=N)c1ccc(F)s1. The van der Waals surface area contributed by atoms with Crippen LogP contribution < -0.4 is 0 Å². The van der Waals surface area contributed by atoms with E-state index >= 15 is 0 Å². The van der Waals surface area contributed by atoms with Crippen LogP contribution in [0.5, 0.6) is 0 Å². The van der Waals surface area contributed by atoms with Gasteiger partial charge in [-0.15, -0.1) is 11.3 Å². The minimum atomic E-state index is -0.241. The highest BCUT2D eigenvalue weighted by Gasteiger charge is 2.00. The molecular weight excluding hydrogens is 161 g/mol. The molecule has 1 heterocycles. The highest BCUT2D eigenvalue weighted by molar-refractivity contribution is 7.12. The van der Waals surface area contributed by atoms with Crippen LogP contribution in [0.25, 0.3) is 0 Å². The number of rotatable bonds is 2. The topological polar surface area (TPSA) is 23.9 Å². The first kappa shape index (κ1) is 8.14. The molecule has 0 amide bonds. The summed E-state index contributed by atoms with van der Waals surface area (Å²) in [6.07, 6.45) is 3.41. The fraction of sp³-hybridized carbons (Fsp3) is 0.125. The zero-order valence-corrected chi connectivity index (χ0v) is 6.91. The molecule has 0 aliphatic heterocycles. The van der Waals surface area contributed by atoms with E-state index in [0.717, 1.165) is 11.3 Å². The maximum absolute atomic E-state index is 12.4. The molecule has 0 bridgehead atoms. The van der Waals surface area contributed by atoms with E-state index in [-0.39, 0.29) is 5.13 Å². The van der Waals surface area contributed by atoms with Gasteiger partial charge in [0.25, 0.3) is 0 Å². The third kappa shape index (κ3) is 1.98. The summed E-state index contributed by atoms with van der Waals surface area (Å²) in [5, 5.41) is 7.16. The quantitative estimate of drug-likeness (QED) is 0.658. The summed E-state index contributed by atoms with van der Waals surface area (Å²) in [6.45, 7) is 1.83. The highest BCUT2D eigenvalue weighted by atomic mass is 32.1. The molecular formula is C8H8FNS. The van der Waals surface area contributed by atoms with Gasteiger partial charge in [-0.25, -0.2) is 0 Å². The standard InChI is InChI=1S/C8H8FNS/c1-2-3-6(10)7-4-5-8(9)11-7/h2-5,10H,1H3/b3-2-,10-6?. The average Bonchev–Trinajstić information content (AvgIpc) is 2.36. The summed E-state index contributed by atoms with van der Waals surface area (Å²) >= 11 is 0.993. The predicted molar refractivity (Wildman–Crippen MR) is 45.9 cm³/mol. The normalized spacial score (nSPS) is 10.7. The largest absolute Gasteiger partial charge is 0.299 e. The first-order valence-electron chi connectivity index (χ1n) is 3.21. The van der Waals surface area contributed by atoms with Gasteiger partial charge in [0.05, 0.1) is 10.6 Å². The van der Waals surface area contributed by atoms with Crippen molar-refractivity contribution in [1.29, 1.82) is 5.41 Å². The van der Waals surface area contributed by atoms with Crippen molar-refractivity contribution < 1.29 is 4.39 Å². The average molecular weight is 169 g/mol. The summed E-state index contributed by atoms with van der Waals surface area (Å²) in [5.74, 6) is 0. The minimum absolute atomic E-state index is 0.241. The van der Waals surface area contributed by atoms with Crippen molar-refractivity contribution in [2.24, 2.45) is 0 Å². The molecule has 58 valence electrons. The zero-order chi connectivity index (χ0) is 8.27. The number of thiophene rings is 1. The Hall–Kier alpha value is -0.960. The second-order valence-electron chi connectivity index (χ2n) is 2.02. The zero-order valence-electron chi connectivity index (χ0n) is 6.10. The molecule has 0 aliphatic rings. The number of nitrogens with one attached hydrogen (secondary N) is 1. The molecule has 0 atom stereocenters. The van der Waals surface area contributed by atoms with Gasteiger partial charge >= 0.3 is 0 Å². The Morgan fingerprint density at radius 2 is 2.36 bits per heavy atom. The molecule has 0 saturated heterocycles. The Labute approximate surface area is 68.7 Å². The Morgan fingerprint density at radius 1 is 1.64 bits per heavy atom. The lowest BCUT2D eigenvalue weighted by Crippen LogP contribution is -1.87. The Bertz CT molecular complexity index is 288. The van der Waals surface area contributed by atoms with E-state index in [2.05, 4.69) is 0 Å². The summed E-state index contributed by atoms with van der Waals surface area (Å²) in [4.78, 5) is 0.667. The van der Waals surface area contributed by atoms with Crippen molar-refractivity contribution in [3.63, 3.8) is 0 Å². The van der Waals surface area contributed by atoms with Crippen molar-refractivity contribution in [1.82, 2.24) is 0 Å². The maximum Gasteiger partial charge on any atom is 0.177 e. The van der Waals surface area contributed by atoms with Crippen LogP contribution >= 0.6 is 11.3 Å². The van der Waals surface area contributed by atoms with E-state index in [0.29, 0.717) is 10.6 Å². The Kier molecular flexibility index (Phi) is 2.54. The van der Waals surface area contributed by atoms with E-state index in [9.17, 15) is 4.39 Å². The molecule has 0 aromatic carbocycles. The Morgan fingerprint density at radius 3 is 2.82 bits per heavy atom. The third-order valence-electron chi connectivity index (χ3n) is 1.17. The monoisotopic (exact) mass is 169 g/mol. The molecule has 0 saturated carbocycles. The molecule has 1 N–H and O–H groups in total. The molecule has 11 heavy (non-hydrogen) atoms. The molecule has 1 aromatic rings. The highest BCUT2D eigenvalue weighted by Crippen LogP contribution is 2.14. The number of allylic oxidation sites excluding steroid dienone is 2. The molecule has 0 unspecified atom stereocenters. The van der Waals surface area contributed by atoms with Gasteiger partial charge in [0, 0.05) is 0 Å². The fourth-order valence-corrected chi connectivity index (χ4v) is 1.37. The molecule has 1 rings (SSSR count). The predicted octanol–water partition coefficient (Wildman–Crippen LogP) is 2.83. The summed E-state index contributed by atoms with van der Waals surface area (Å²) in [6, 6.07) is 2.99. The van der Waals surface area contributed by atoms with Gasteiger partial charge in [0.1, 0.15) is 0 Å². The first-order valence-corrected chi connectivity index (χ1v) is 4.02. The van der Waals surface area contributed by atoms with Crippen LogP contribution in [-0.2, 0) is 0 Å². The van der Waals surface area contributed by atoms with Gasteiger partial charge < -0.3 is 0 Å². The van der Waals surface area contributed by atoms with Crippen LogP contribution in [0.3, 0.4) is 0 Å². The fourth-order valence-electron chi connectivity index (χ4n) is 0.708.